The van der Waals surface area contributed by atoms with Crippen LogP contribution in [-0.4, -0.2) is 74.6 Å². The molecule has 0 aromatic carbocycles. The normalized spacial score (nSPS) is 22.2. The molecule has 1 aliphatic heterocycles. The average molecular weight is 282 g/mol. The smallest absolute Gasteiger partial charge is 0.233 e. The minimum Gasteiger partial charge on any atom is -0.355 e. The zero-order chi connectivity index (χ0) is 14.2. The van der Waals surface area contributed by atoms with Crippen LogP contribution in [0, 0.1) is 0 Å². The second-order valence-electron chi connectivity index (χ2n) is 6.21. The first-order chi connectivity index (χ1) is 9.74. The van der Waals surface area contributed by atoms with Gasteiger partial charge in [0.05, 0.1) is 6.54 Å². The Morgan fingerprint density at radius 1 is 1.15 bits per heavy atom. The molecule has 2 rings (SSSR count). The number of carbonyl (C=O) groups is 1. The molecule has 0 radical (unpaired) electrons. The molecule has 20 heavy (non-hydrogen) atoms. The van der Waals surface area contributed by atoms with E-state index in [0.29, 0.717) is 12.6 Å². The lowest BCUT2D eigenvalue weighted by atomic mass is 10.2. The minimum atomic E-state index is 0.148. The van der Waals surface area contributed by atoms with Gasteiger partial charge < -0.3 is 20.4 Å². The van der Waals surface area contributed by atoms with Crippen LogP contribution >= 0.6 is 0 Å². The highest BCUT2D eigenvalue weighted by Gasteiger charge is 2.15. The summed E-state index contributed by atoms with van der Waals surface area (Å²) in [6.45, 7) is 7.04. The van der Waals surface area contributed by atoms with Crippen molar-refractivity contribution in [3.8, 4) is 0 Å². The van der Waals surface area contributed by atoms with Crippen LogP contribution in [0.4, 0.5) is 0 Å². The molecule has 2 fully saturated rings. The molecular formula is C15H30N4O. The number of nitrogens with zero attached hydrogens (tertiary/aromatic N) is 2. The number of amides is 1. The van der Waals surface area contributed by atoms with E-state index >= 15 is 0 Å². The van der Waals surface area contributed by atoms with Crippen molar-refractivity contribution >= 4 is 5.91 Å². The zero-order valence-electron chi connectivity index (χ0n) is 12.9. The predicted molar refractivity (Wildman–Crippen MR) is 81.8 cm³/mol. The van der Waals surface area contributed by atoms with Crippen molar-refractivity contribution in [2.75, 3.05) is 52.9 Å². The molecule has 0 bridgehead atoms. The Balaban J connectivity index is 1.44. The van der Waals surface area contributed by atoms with Crippen LogP contribution in [0.3, 0.4) is 0 Å². The van der Waals surface area contributed by atoms with Crippen LogP contribution in [0.5, 0.6) is 0 Å². The Morgan fingerprint density at radius 2 is 1.85 bits per heavy atom. The van der Waals surface area contributed by atoms with Gasteiger partial charge in [-0.15, -0.1) is 0 Å². The number of hydrogen-bond donors (Lipinski definition) is 2. The standard InChI is InChI=1S/C15H30N4O/c1-18-9-11-19(12-10-18)8-4-7-16-15(20)13-17-14-5-2-3-6-14/h14,17H,2-13H2,1H3,(H,16,20). The topological polar surface area (TPSA) is 47.6 Å². The molecule has 1 heterocycles. The molecule has 2 N–H and O–H groups in total. The van der Waals surface area contributed by atoms with E-state index in [-0.39, 0.29) is 5.91 Å². The van der Waals surface area contributed by atoms with Gasteiger partial charge in [0.15, 0.2) is 0 Å². The van der Waals surface area contributed by atoms with Crippen LogP contribution in [0.2, 0.25) is 0 Å². The van der Waals surface area contributed by atoms with Crippen LogP contribution < -0.4 is 10.6 Å². The molecule has 1 aliphatic carbocycles. The van der Waals surface area contributed by atoms with Gasteiger partial charge in [-0.3, -0.25) is 4.79 Å². The fourth-order valence-corrected chi connectivity index (χ4v) is 3.03. The number of nitrogens with one attached hydrogen (secondary N) is 2. The maximum atomic E-state index is 11.7. The highest BCUT2D eigenvalue weighted by atomic mass is 16.1. The average Bonchev–Trinajstić information content (AvgIpc) is 2.96. The molecule has 5 heteroatoms. The molecule has 0 aromatic rings. The summed E-state index contributed by atoms with van der Waals surface area (Å²) >= 11 is 0. The van der Waals surface area contributed by atoms with Gasteiger partial charge in [0, 0.05) is 38.8 Å². The fraction of sp³-hybridized carbons (Fsp3) is 0.933. The summed E-state index contributed by atoms with van der Waals surface area (Å²) in [4.78, 5) is 16.6. The van der Waals surface area contributed by atoms with Crippen molar-refractivity contribution in [3.05, 3.63) is 0 Å². The molecule has 2 aliphatic rings. The van der Waals surface area contributed by atoms with Gasteiger partial charge >= 0.3 is 0 Å². The Kier molecular flexibility index (Phi) is 6.76. The summed E-state index contributed by atoms with van der Waals surface area (Å²) in [6, 6.07) is 0.575. The van der Waals surface area contributed by atoms with Gasteiger partial charge in [-0.2, -0.15) is 0 Å². The first kappa shape index (κ1) is 15.7. The lowest BCUT2D eigenvalue weighted by Gasteiger charge is -2.32. The largest absolute Gasteiger partial charge is 0.355 e. The van der Waals surface area contributed by atoms with E-state index in [1.54, 1.807) is 0 Å². The third kappa shape index (κ3) is 5.77. The quantitative estimate of drug-likeness (QED) is 0.658. The number of piperazine rings is 1. The van der Waals surface area contributed by atoms with Crippen molar-refractivity contribution in [2.24, 2.45) is 0 Å². The Hall–Kier alpha value is -0.650. The highest BCUT2D eigenvalue weighted by molar-refractivity contribution is 5.77. The minimum absolute atomic E-state index is 0.148. The van der Waals surface area contributed by atoms with Crippen molar-refractivity contribution in [1.29, 1.82) is 0 Å². The summed E-state index contributed by atoms with van der Waals surface area (Å²) in [5.74, 6) is 0.148. The van der Waals surface area contributed by atoms with Crippen molar-refractivity contribution < 1.29 is 4.79 Å². The third-order valence-corrected chi connectivity index (χ3v) is 4.48. The second-order valence-corrected chi connectivity index (χ2v) is 6.21. The summed E-state index contributed by atoms with van der Waals surface area (Å²) < 4.78 is 0. The van der Waals surface area contributed by atoms with Crippen molar-refractivity contribution in [2.45, 2.75) is 38.1 Å². The fourth-order valence-electron chi connectivity index (χ4n) is 3.03. The Labute approximate surface area is 123 Å². The lowest BCUT2D eigenvalue weighted by Crippen LogP contribution is -2.45. The van der Waals surface area contributed by atoms with Gasteiger partial charge in [0.1, 0.15) is 0 Å². The molecule has 116 valence electrons. The summed E-state index contributed by atoms with van der Waals surface area (Å²) in [7, 11) is 2.18. The predicted octanol–water partition coefficient (Wildman–Crippen LogP) is 0.272. The monoisotopic (exact) mass is 282 g/mol. The third-order valence-electron chi connectivity index (χ3n) is 4.48. The number of likely N-dealkylation sites (N-methyl/N-ethyl adjacent to an activating group) is 1. The van der Waals surface area contributed by atoms with Crippen LogP contribution in [0.15, 0.2) is 0 Å². The lowest BCUT2D eigenvalue weighted by molar-refractivity contribution is -0.120. The van der Waals surface area contributed by atoms with Crippen LogP contribution in [-0.2, 0) is 4.79 Å². The summed E-state index contributed by atoms with van der Waals surface area (Å²) in [5, 5.41) is 6.36. The van der Waals surface area contributed by atoms with E-state index in [2.05, 4.69) is 27.5 Å². The van der Waals surface area contributed by atoms with Crippen LogP contribution in [0.1, 0.15) is 32.1 Å². The van der Waals surface area contributed by atoms with E-state index in [4.69, 9.17) is 0 Å². The SMILES string of the molecule is CN1CCN(CCCNC(=O)CNC2CCCC2)CC1. The molecule has 0 aromatic heterocycles. The van der Waals surface area contributed by atoms with E-state index < -0.39 is 0 Å². The number of hydrogen-bond acceptors (Lipinski definition) is 4. The van der Waals surface area contributed by atoms with Crippen molar-refractivity contribution in [3.63, 3.8) is 0 Å². The van der Waals surface area contributed by atoms with Gasteiger partial charge in [0.2, 0.25) is 5.91 Å². The number of carbonyl (C=O) groups excluding carboxylic acids is 1. The highest BCUT2D eigenvalue weighted by Crippen LogP contribution is 2.17. The molecule has 1 saturated carbocycles. The summed E-state index contributed by atoms with van der Waals surface area (Å²) in [6.07, 6.45) is 6.14. The van der Waals surface area contributed by atoms with Gasteiger partial charge in [-0.05, 0) is 32.9 Å². The maximum Gasteiger partial charge on any atom is 0.233 e. The molecular weight excluding hydrogens is 252 g/mol. The molecule has 5 nitrogen and oxygen atoms in total. The second kappa shape index (κ2) is 8.60. The van der Waals surface area contributed by atoms with Crippen molar-refractivity contribution in [1.82, 2.24) is 20.4 Å². The van der Waals surface area contributed by atoms with Gasteiger partial charge in [-0.25, -0.2) is 0 Å². The van der Waals surface area contributed by atoms with E-state index in [1.807, 2.05) is 0 Å². The first-order valence-corrected chi connectivity index (χ1v) is 8.15. The van der Waals surface area contributed by atoms with Crippen LogP contribution in [0.25, 0.3) is 0 Å². The molecule has 0 spiro atoms. The van der Waals surface area contributed by atoms with E-state index in [9.17, 15) is 4.79 Å². The zero-order valence-corrected chi connectivity index (χ0v) is 12.9. The summed E-state index contributed by atoms with van der Waals surface area (Å²) in [5.41, 5.74) is 0. The molecule has 0 atom stereocenters. The van der Waals surface area contributed by atoms with Gasteiger partial charge in [-0.1, -0.05) is 12.8 Å². The Morgan fingerprint density at radius 3 is 2.55 bits per heavy atom. The number of rotatable bonds is 7. The maximum absolute atomic E-state index is 11.7. The van der Waals surface area contributed by atoms with Gasteiger partial charge in [0.25, 0.3) is 0 Å². The molecule has 1 amide bonds. The molecule has 0 unspecified atom stereocenters. The van der Waals surface area contributed by atoms with E-state index in [0.717, 1.165) is 45.7 Å². The molecule has 1 saturated heterocycles. The van der Waals surface area contributed by atoms with E-state index in [1.165, 1.54) is 25.7 Å². The Bertz CT molecular complexity index is 284. The first-order valence-electron chi connectivity index (χ1n) is 8.15.